The van der Waals surface area contributed by atoms with Crippen molar-refractivity contribution in [1.29, 1.82) is 0 Å². The quantitative estimate of drug-likeness (QED) is 0.695. The molecule has 0 aromatic heterocycles. The number of piperazine rings is 1. The molecule has 2 fully saturated rings. The minimum atomic E-state index is -0.491. The number of likely N-dealkylation sites (tertiary alicyclic amines) is 1. The van der Waals surface area contributed by atoms with E-state index in [0.29, 0.717) is 13.1 Å². The number of amides is 1. The molecule has 2 aliphatic heterocycles. The molecule has 0 spiro atoms. The predicted octanol–water partition coefficient (Wildman–Crippen LogP) is -0.128. The van der Waals surface area contributed by atoms with Gasteiger partial charge in [-0.1, -0.05) is 0 Å². The Kier molecular flexibility index (Phi) is 4.32. The maximum absolute atomic E-state index is 12.0. The van der Waals surface area contributed by atoms with Gasteiger partial charge >= 0.3 is 6.09 Å². The average Bonchev–Trinajstić information content (AvgIpc) is 2.70. The molecule has 1 amide bonds. The van der Waals surface area contributed by atoms with E-state index < -0.39 is 11.7 Å². The molecule has 2 N–H and O–H groups in total. The van der Waals surface area contributed by atoms with Gasteiger partial charge in [0.2, 0.25) is 0 Å². The van der Waals surface area contributed by atoms with Crippen LogP contribution in [0.5, 0.6) is 0 Å². The summed E-state index contributed by atoms with van der Waals surface area (Å²) in [6, 6.07) is 0.0367. The fraction of sp³-hybridized carbons (Fsp3) is 0.923. The number of hydrogen-bond donors (Lipinski definition) is 2. The number of hydrogen-bond acceptors (Lipinski definition) is 5. The molecule has 2 unspecified atom stereocenters. The van der Waals surface area contributed by atoms with Crippen LogP contribution in [0.1, 0.15) is 20.8 Å². The van der Waals surface area contributed by atoms with E-state index in [2.05, 4.69) is 10.2 Å². The number of β-amino-alcohol motifs (C(OH)–C–C–N with tert-alkyl or cyclic N) is 1. The van der Waals surface area contributed by atoms with Crippen LogP contribution in [0.4, 0.5) is 4.79 Å². The van der Waals surface area contributed by atoms with Crippen LogP contribution < -0.4 is 5.32 Å². The summed E-state index contributed by atoms with van der Waals surface area (Å²) in [7, 11) is 0. The monoisotopic (exact) mass is 271 g/mol. The van der Waals surface area contributed by atoms with Crippen LogP contribution in [0.2, 0.25) is 0 Å². The van der Waals surface area contributed by atoms with Gasteiger partial charge in [-0.2, -0.15) is 0 Å². The largest absolute Gasteiger partial charge is 0.444 e. The summed E-state index contributed by atoms with van der Waals surface area (Å²) >= 11 is 0. The first kappa shape index (κ1) is 14.6. The van der Waals surface area contributed by atoms with Crippen LogP contribution >= 0.6 is 0 Å². The Morgan fingerprint density at radius 2 is 1.89 bits per heavy atom. The zero-order valence-electron chi connectivity index (χ0n) is 12.1. The van der Waals surface area contributed by atoms with E-state index in [1.165, 1.54) is 0 Å². The van der Waals surface area contributed by atoms with Gasteiger partial charge < -0.3 is 20.1 Å². The molecule has 0 aliphatic carbocycles. The summed E-state index contributed by atoms with van der Waals surface area (Å²) < 4.78 is 5.35. The molecule has 6 heteroatoms. The second kappa shape index (κ2) is 5.64. The van der Waals surface area contributed by atoms with Gasteiger partial charge in [0.1, 0.15) is 5.60 Å². The molecule has 2 heterocycles. The maximum Gasteiger partial charge on any atom is 0.410 e. The van der Waals surface area contributed by atoms with Crippen LogP contribution in [0, 0.1) is 0 Å². The molecule has 0 saturated carbocycles. The lowest BCUT2D eigenvalue weighted by atomic mass is 10.1. The molecule has 0 aromatic carbocycles. The Morgan fingerprint density at radius 3 is 2.47 bits per heavy atom. The van der Waals surface area contributed by atoms with E-state index in [1.807, 2.05) is 20.8 Å². The standard InChI is InChI=1S/C13H25N3O3/c1-13(2,3)19-12(18)16-8-10(11(17)9-16)15-6-4-14-5-7-15/h10-11,14,17H,4-9H2,1-3H3. The number of ether oxygens (including phenoxy) is 1. The molecular weight excluding hydrogens is 246 g/mol. The smallest absolute Gasteiger partial charge is 0.410 e. The highest BCUT2D eigenvalue weighted by Gasteiger charge is 2.39. The van der Waals surface area contributed by atoms with Crippen LogP contribution in [0.25, 0.3) is 0 Å². The number of aliphatic hydroxyl groups is 1. The molecule has 2 saturated heterocycles. The third kappa shape index (κ3) is 3.81. The van der Waals surface area contributed by atoms with Gasteiger partial charge in [0.05, 0.1) is 18.7 Å². The van der Waals surface area contributed by atoms with E-state index >= 15 is 0 Å². The van der Waals surface area contributed by atoms with Crippen molar-refractivity contribution in [1.82, 2.24) is 15.1 Å². The number of rotatable bonds is 1. The molecule has 0 aromatic rings. The summed E-state index contributed by atoms with van der Waals surface area (Å²) in [4.78, 5) is 15.9. The van der Waals surface area contributed by atoms with Gasteiger partial charge in [-0.25, -0.2) is 4.79 Å². The zero-order chi connectivity index (χ0) is 14.0. The average molecular weight is 271 g/mol. The summed E-state index contributed by atoms with van der Waals surface area (Å²) in [5.74, 6) is 0. The summed E-state index contributed by atoms with van der Waals surface area (Å²) in [5, 5.41) is 13.4. The van der Waals surface area contributed by atoms with Crippen molar-refractivity contribution in [2.45, 2.75) is 38.5 Å². The van der Waals surface area contributed by atoms with Gasteiger partial charge in [0.25, 0.3) is 0 Å². The molecule has 0 bridgehead atoms. The van der Waals surface area contributed by atoms with E-state index in [0.717, 1.165) is 26.2 Å². The van der Waals surface area contributed by atoms with E-state index in [-0.39, 0.29) is 12.1 Å². The lowest BCUT2D eigenvalue weighted by molar-refractivity contribution is 0.0269. The minimum absolute atomic E-state index is 0.0367. The van der Waals surface area contributed by atoms with Crippen molar-refractivity contribution in [2.24, 2.45) is 0 Å². The Bertz CT molecular complexity index is 324. The lowest BCUT2D eigenvalue weighted by Crippen LogP contribution is -2.52. The van der Waals surface area contributed by atoms with Crippen LogP contribution in [0.15, 0.2) is 0 Å². The zero-order valence-corrected chi connectivity index (χ0v) is 12.1. The Hall–Kier alpha value is -0.850. The van der Waals surface area contributed by atoms with Crippen molar-refractivity contribution in [3.8, 4) is 0 Å². The molecule has 2 atom stereocenters. The SMILES string of the molecule is CC(C)(C)OC(=O)N1CC(O)C(N2CCNCC2)C1. The topological polar surface area (TPSA) is 65.0 Å². The molecule has 0 radical (unpaired) electrons. The summed E-state index contributed by atoms with van der Waals surface area (Å²) in [6.07, 6.45) is -0.810. The van der Waals surface area contributed by atoms with Crippen LogP contribution in [-0.2, 0) is 4.74 Å². The van der Waals surface area contributed by atoms with E-state index in [4.69, 9.17) is 4.74 Å². The second-order valence-electron chi connectivity index (χ2n) is 6.31. The fourth-order valence-corrected chi connectivity index (χ4v) is 2.62. The second-order valence-corrected chi connectivity index (χ2v) is 6.31. The van der Waals surface area contributed by atoms with E-state index in [1.54, 1.807) is 4.90 Å². The first-order valence-electron chi connectivity index (χ1n) is 6.97. The van der Waals surface area contributed by atoms with Crippen LogP contribution in [0.3, 0.4) is 0 Å². The molecule has 19 heavy (non-hydrogen) atoms. The number of carbonyl (C=O) groups is 1. The lowest BCUT2D eigenvalue weighted by Gasteiger charge is -2.33. The molecule has 2 rings (SSSR count). The first-order valence-corrected chi connectivity index (χ1v) is 6.97. The molecular formula is C13H25N3O3. The molecule has 2 aliphatic rings. The van der Waals surface area contributed by atoms with Crippen LogP contribution in [-0.4, -0.2) is 78.0 Å². The first-order chi connectivity index (χ1) is 8.87. The number of nitrogens with one attached hydrogen (secondary N) is 1. The van der Waals surface area contributed by atoms with Gasteiger partial charge in [0.15, 0.2) is 0 Å². The molecule has 110 valence electrons. The predicted molar refractivity (Wildman–Crippen MR) is 72.0 cm³/mol. The normalized spacial score (nSPS) is 29.6. The fourth-order valence-electron chi connectivity index (χ4n) is 2.62. The highest BCUT2D eigenvalue weighted by atomic mass is 16.6. The third-order valence-corrected chi connectivity index (χ3v) is 3.53. The summed E-state index contributed by atoms with van der Waals surface area (Å²) in [6.45, 7) is 10.2. The number of nitrogens with zero attached hydrogens (tertiary/aromatic N) is 2. The van der Waals surface area contributed by atoms with Gasteiger partial charge in [-0.05, 0) is 20.8 Å². The maximum atomic E-state index is 12.0. The highest BCUT2D eigenvalue weighted by Crippen LogP contribution is 2.19. The highest BCUT2D eigenvalue weighted by molar-refractivity contribution is 5.68. The van der Waals surface area contributed by atoms with Crippen molar-refractivity contribution in [3.05, 3.63) is 0 Å². The van der Waals surface area contributed by atoms with Gasteiger partial charge in [-0.15, -0.1) is 0 Å². The Morgan fingerprint density at radius 1 is 1.26 bits per heavy atom. The van der Waals surface area contributed by atoms with Gasteiger partial charge in [-0.3, -0.25) is 4.90 Å². The third-order valence-electron chi connectivity index (χ3n) is 3.53. The summed E-state index contributed by atoms with van der Waals surface area (Å²) in [5.41, 5.74) is -0.491. The number of aliphatic hydroxyl groups excluding tert-OH is 1. The van der Waals surface area contributed by atoms with Crippen molar-refractivity contribution in [3.63, 3.8) is 0 Å². The Balaban J connectivity index is 1.91. The Labute approximate surface area is 114 Å². The van der Waals surface area contributed by atoms with Gasteiger partial charge in [0, 0.05) is 32.7 Å². The minimum Gasteiger partial charge on any atom is -0.444 e. The van der Waals surface area contributed by atoms with Crippen molar-refractivity contribution in [2.75, 3.05) is 39.3 Å². The van der Waals surface area contributed by atoms with Crippen molar-refractivity contribution < 1.29 is 14.6 Å². The van der Waals surface area contributed by atoms with Crippen molar-refractivity contribution >= 4 is 6.09 Å². The molecule has 6 nitrogen and oxygen atoms in total. The number of carbonyl (C=O) groups excluding carboxylic acids is 1. The van der Waals surface area contributed by atoms with E-state index in [9.17, 15) is 9.90 Å².